The van der Waals surface area contributed by atoms with E-state index in [1.54, 1.807) is 0 Å². The van der Waals surface area contributed by atoms with Crippen LogP contribution in [0.1, 0.15) is 62.8 Å². The number of nitrogens with zero attached hydrogens (tertiary/aromatic N) is 4. The van der Waals surface area contributed by atoms with E-state index >= 15 is 0 Å². The van der Waals surface area contributed by atoms with Crippen molar-refractivity contribution >= 4 is 5.96 Å². The van der Waals surface area contributed by atoms with E-state index in [1.165, 1.54) is 24.8 Å². The van der Waals surface area contributed by atoms with Crippen molar-refractivity contribution < 1.29 is 4.74 Å². The van der Waals surface area contributed by atoms with E-state index < -0.39 is 0 Å². The standard InChI is InChI=1S/C23H36N6O/c1-5-24-23(26-16-19-11-10-18(4)15-20(19)30-17(2)3)25-13-12-22-28-27-21-9-7-6-8-14-29(21)22/h10-11,15,17H,5-9,12-14,16H2,1-4H3,(H2,24,25,26). The molecule has 0 amide bonds. The lowest BCUT2D eigenvalue weighted by Gasteiger charge is -2.15. The number of hydrogen-bond acceptors (Lipinski definition) is 4. The van der Waals surface area contributed by atoms with Gasteiger partial charge >= 0.3 is 0 Å². The first-order chi connectivity index (χ1) is 14.6. The van der Waals surface area contributed by atoms with Crippen molar-refractivity contribution in [1.82, 2.24) is 25.4 Å². The van der Waals surface area contributed by atoms with Crippen LogP contribution in [-0.4, -0.2) is 39.9 Å². The number of rotatable bonds is 8. The summed E-state index contributed by atoms with van der Waals surface area (Å²) >= 11 is 0. The third kappa shape index (κ3) is 6.21. The number of fused-ring (bicyclic) bond motifs is 1. The first kappa shape index (κ1) is 22.1. The Morgan fingerprint density at radius 3 is 2.87 bits per heavy atom. The summed E-state index contributed by atoms with van der Waals surface area (Å²) in [6.45, 7) is 11.4. The van der Waals surface area contributed by atoms with Crippen LogP contribution in [0.2, 0.25) is 0 Å². The Hall–Kier alpha value is -2.57. The number of nitrogens with one attached hydrogen (secondary N) is 2. The smallest absolute Gasteiger partial charge is 0.191 e. The maximum Gasteiger partial charge on any atom is 0.191 e. The molecule has 0 saturated heterocycles. The SMILES string of the molecule is CCNC(=NCc1ccc(C)cc1OC(C)C)NCCc1nnc2n1CCCCC2. The molecule has 0 bridgehead atoms. The van der Waals surface area contributed by atoms with Crippen molar-refractivity contribution in [2.45, 2.75) is 79.0 Å². The first-order valence-electron chi connectivity index (χ1n) is 11.3. The zero-order valence-corrected chi connectivity index (χ0v) is 18.9. The number of hydrogen-bond donors (Lipinski definition) is 2. The molecule has 2 aromatic rings. The molecule has 2 N–H and O–H groups in total. The summed E-state index contributed by atoms with van der Waals surface area (Å²) in [6, 6.07) is 6.29. The van der Waals surface area contributed by atoms with Gasteiger partial charge in [-0.15, -0.1) is 10.2 Å². The van der Waals surface area contributed by atoms with Crippen LogP contribution in [0.4, 0.5) is 0 Å². The average molecular weight is 413 g/mol. The maximum atomic E-state index is 5.98. The van der Waals surface area contributed by atoms with E-state index in [1.807, 2.05) is 13.8 Å². The first-order valence-corrected chi connectivity index (χ1v) is 11.3. The van der Waals surface area contributed by atoms with Crippen LogP contribution in [0, 0.1) is 6.92 Å². The van der Waals surface area contributed by atoms with Gasteiger partial charge in [-0.05, 0) is 52.2 Å². The van der Waals surface area contributed by atoms with Gasteiger partial charge in [0.2, 0.25) is 0 Å². The largest absolute Gasteiger partial charge is 0.491 e. The summed E-state index contributed by atoms with van der Waals surface area (Å²) in [5, 5.41) is 15.6. The summed E-state index contributed by atoms with van der Waals surface area (Å²) in [5.74, 6) is 3.93. The molecule has 0 atom stereocenters. The zero-order chi connectivity index (χ0) is 21.3. The molecule has 1 aromatic heterocycles. The lowest BCUT2D eigenvalue weighted by molar-refractivity contribution is 0.240. The fourth-order valence-corrected chi connectivity index (χ4v) is 3.68. The fourth-order valence-electron chi connectivity index (χ4n) is 3.68. The number of ether oxygens (including phenoxy) is 1. The molecule has 0 aliphatic carbocycles. The highest BCUT2D eigenvalue weighted by Gasteiger charge is 2.14. The van der Waals surface area contributed by atoms with Crippen LogP contribution in [-0.2, 0) is 25.9 Å². The molecule has 30 heavy (non-hydrogen) atoms. The number of guanidine groups is 1. The van der Waals surface area contributed by atoms with E-state index in [4.69, 9.17) is 9.73 Å². The molecule has 0 spiro atoms. The van der Waals surface area contributed by atoms with Crippen LogP contribution in [0.15, 0.2) is 23.2 Å². The van der Waals surface area contributed by atoms with Crippen LogP contribution in [0.25, 0.3) is 0 Å². The van der Waals surface area contributed by atoms with Gasteiger partial charge in [-0.1, -0.05) is 18.6 Å². The van der Waals surface area contributed by atoms with E-state index in [9.17, 15) is 0 Å². The summed E-state index contributed by atoms with van der Waals surface area (Å²) in [5.41, 5.74) is 2.28. The number of aryl methyl sites for hydroxylation is 2. The van der Waals surface area contributed by atoms with Gasteiger partial charge < -0.3 is 19.9 Å². The minimum Gasteiger partial charge on any atom is -0.491 e. The van der Waals surface area contributed by atoms with Gasteiger partial charge in [-0.3, -0.25) is 0 Å². The summed E-state index contributed by atoms with van der Waals surface area (Å²) in [6.07, 6.45) is 5.73. The van der Waals surface area contributed by atoms with E-state index in [0.29, 0.717) is 6.54 Å². The van der Waals surface area contributed by atoms with Gasteiger partial charge in [-0.2, -0.15) is 0 Å². The Balaban J connectivity index is 1.61. The highest BCUT2D eigenvalue weighted by atomic mass is 16.5. The van der Waals surface area contributed by atoms with E-state index in [2.05, 4.69) is 57.4 Å². The van der Waals surface area contributed by atoms with Crippen LogP contribution in [0.3, 0.4) is 0 Å². The van der Waals surface area contributed by atoms with Gasteiger partial charge in [0.25, 0.3) is 0 Å². The third-order valence-corrected chi connectivity index (χ3v) is 5.16. The molecule has 7 heteroatoms. The molecule has 2 heterocycles. The zero-order valence-electron chi connectivity index (χ0n) is 18.9. The van der Waals surface area contributed by atoms with E-state index in [0.717, 1.165) is 61.4 Å². The Morgan fingerprint density at radius 1 is 1.20 bits per heavy atom. The second-order valence-corrected chi connectivity index (χ2v) is 8.14. The number of aromatic nitrogens is 3. The van der Waals surface area contributed by atoms with Crippen molar-refractivity contribution in [3.05, 3.63) is 41.0 Å². The third-order valence-electron chi connectivity index (χ3n) is 5.16. The molecular formula is C23H36N6O. The predicted molar refractivity (Wildman–Crippen MR) is 121 cm³/mol. The molecule has 0 radical (unpaired) electrons. The average Bonchev–Trinajstić information content (AvgIpc) is 2.93. The lowest BCUT2D eigenvalue weighted by Crippen LogP contribution is -2.38. The molecule has 0 saturated carbocycles. The molecule has 7 nitrogen and oxygen atoms in total. The normalized spacial score (nSPS) is 14.4. The minimum absolute atomic E-state index is 0.138. The van der Waals surface area contributed by atoms with Gasteiger partial charge in [0.05, 0.1) is 12.6 Å². The molecule has 1 aliphatic heterocycles. The van der Waals surface area contributed by atoms with Crippen LogP contribution in [0.5, 0.6) is 5.75 Å². The lowest BCUT2D eigenvalue weighted by atomic mass is 10.1. The van der Waals surface area contributed by atoms with Crippen molar-refractivity contribution in [2.24, 2.45) is 4.99 Å². The highest BCUT2D eigenvalue weighted by Crippen LogP contribution is 2.22. The monoisotopic (exact) mass is 412 g/mol. The molecule has 1 aromatic carbocycles. The quantitative estimate of drug-likeness (QED) is 0.513. The predicted octanol–water partition coefficient (Wildman–Crippen LogP) is 3.40. The molecular weight excluding hydrogens is 376 g/mol. The maximum absolute atomic E-state index is 5.98. The molecule has 3 rings (SSSR count). The summed E-state index contributed by atoms with van der Waals surface area (Å²) in [4.78, 5) is 4.77. The molecule has 0 fully saturated rings. The highest BCUT2D eigenvalue weighted by molar-refractivity contribution is 5.79. The molecule has 1 aliphatic rings. The van der Waals surface area contributed by atoms with Gasteiger partial charge in [0, 0.05) is 38.0 Å². The number of benzene rings is 1. The van der Waals surface area contributed by atoms with Crippen molar-refractivity contribution in [1.29, 1.82) is 0 Å². The van der Waals surface area contributed by atoms with Crippen molar-refractivity contribution in [2.75, 3.05) is 13.1 Å². The fraction of sp³-hybridized carbons (Fsp3) is 0.609. The Bertz CT molecular complexity index is 842. The molecule has 164 valence electrons. The molecule has 0 unspecified atom stereocenters. The second kappa shape index (κ2) is 11.0. The topological polar surface area (TPSA) is 76.4 Å². The summed E-state index contributed by atoms with van der Waals surface area (Å²) < 4.78 is 8.29. The second-order valence-electron chi connectivity index (χ2n) is 8.14. The minimum atomic E-state index is 0.138. The van der Waals surface area contributed by atoms with Gasteiger partial charge in [0.1, 0.15) is 17.4 Å². The van der Waals surface area contributed by atoms with Gasteiger partial charge in [-0.25, -0.2) is 4.99 Å². The Kier molecular flexibility index (Phi) is 8.11. The summed E-state index contributed by atoms with van der Waals surface area (Å²) in [7, 11) is 0. The Labute approximate surface area is 180 Å². The van der Waals surface area contributed by atoms with Crippen LogP contribution >= 0.6 is 0 Å². The Morgan fingerprint density at radius 2 is 2.07 bits per heavy atom. The van der Waals surface area contributed by atoms with E-state index in [-0.39, 0.29) is 6.10 Å². The van der Waals surface area contributed by atoms with Crippen molar-refractivity contribution in [3.8, 4) is 5.75 Å². The number of aliphatic imine (C=N–C) groups is 1. The van der Waals surface area contributed by atoms with Gasteiger partial charge in [0.15, 0.2) is 5.96 Å². The van der Waals surface area contributed by atoms with Crippen LogP contribution < -0.4 is 15.4 Å². The van der Waals surface area contributed by atoms with Crippen molar-refractivity contribution in [3.63, 3.8) is 0 Å².